The van der Waals surface area contributed by atoms with Crippen LogP contribution in [0.1, 0.15) is 57.6 Å². The van der Waals surface area contributed by atoms with Gasteiger partial charge in [0.15, 0.2) is 11.5 Å². The van der Waals surface area contributed by atoms with E-state index in [4.69, 9.17) is 42.1 Å². The van der Waals surface area contributed by atoms with Crippen LogP contribution >= 0.6 is 23.2 Å². The summed E-state index contributed by atoms with van der Waals surface area (Å²) in [4.78, 5) is 33.3. The molecule has 0 radical (unpaired) electrons. The Bertz CT molecular complexity index is 1820. The topological polar surface area (TPSA) is 99.2 Å². The molecule has 3 saturated heterocycles. The molecule has 4 aromatic rings. The van der Waals surface area contributed by atoms with Crippen LogP contribution in [0.5, 0.6) is 11.5 Å². The number of methoxy groups -OCH3 is 2. The Morgan fingerprint density at radius 3 is 2.31 bits per heavy atom. The zero-order valence-electron chi connectivity index (χ0n) is 28.4. The number of ether oxygens (including phenoxy) is 4. The van der Waals surface area contributed by atoms with Crippen LogP contribution in [0, 0.1) is 11.7 Å². The normalized spacial score (nSPS) is 19.2. The third-order valence-electron chi connectivity index (χ3n) is 9.64. The van der Waals surface area contributed by atoms with Crippen molar-refractivity contribution < 1.29 is 32.9 Å². The minimum atomic E-state index is -0.952. The molecule has 7 rings (SSSR count). The monoisotopic (exact) mass is 735 g/mol. The minimum absolute atomic E-state index is 0.187. The molecule has 3 aromatic carbocycles. The number of carbonyl (C=O) groups is 2. The Hall–Kier alpha value is -4.22. The van der Waals surface area contributed by atoms with E-state index in [2.05, 4.69) is 15.2 Å². The van der Waals surface area contributed by atoms with Gasteiger partial charge in [0.1, 0.15) is 24.1 Å². The maximum absolute atomic E-state index is 14.9. The van der Waals surface area contributed by atoms with Crippen molar-refractivity contribution in [2.45, 2.75) is 43.9 Å². The maximum atomic E-state index is 14.9. The van der Waals surface area contributed by atoms with Crippen LogP contribution in [-0.4, -0.2) is 68.3 Å². The number of fused-ring (bicyclic) bond motifs is 3. The number of piperidine rings is 3. The number of pyridine rings is 1. The zero-order chi connectivity index (χ0) is 35.9. The molecule has 0 spiro atoms. The van der Waals surface area contributed by atoms with Crippen molar-refractivity contribution in [3.63, 3.8) is 0 Å². The first-order chi connectivity index (χ1) is 24.7. The number of benzene rings is 3. The fourth-order valence-corrected chi connectivity index (χ4v) is 7.27. The second kappa shape index (κ2) is 16.9. The van der Waals surface area contributed by atoms with Gasteiger partial charge in [0.25, 0.3) is 0 Å². The summed E-state index contributed by atoms with van der Waals surface area (Å²) in [6.07, 6.45) is 4.74. The minimum Gasteiger partial charge on any atom is -0.493 e. The van der Waals surface area contributed by atoms with E-state index in [9.17, 15) is 14.0 Å². The lowest BCUT2D eigenvalue weighted by Crippen LogP contribution is -2.52. The van der Waals surface area contributed by atoms with E-state index >= 15 is 0 Å². The number of nitrogens with one attached hydrogen (secondary N) is 1. The van der Waals surface area contributed by atoms with Crippen LogP contribution in [0.25, 0.3) is 0 Å². The molecule has 0 saturated carbocycles. The Balaban J connectivity index is 1.12. The molecule has 3 aliphatic heterocycles. The molecule has 4 heterocycles. The van der Waals surface area contributed by atoms with Gasteiger partial charge in [0.2, 0.25) is 0 Å². The molecule has 0 amide bonds. The number of esters is 2. The van der Waals surface area contributed by atoms with Gasteiger partial charge in [0, 0.05) is 37.5 Å². The lowest BCUT2D eigenvalue weighted by atomic mass is 9.86. The second-order valence-corrected chi connectivity index (χ2v) is 13.6. The molecular formula is C39H40Cl2FN3O6. The molecule has 1 N–H and O–H groups in total. The summed E-state index contributed by atoms with van der Waals surface area (Å²) in [6, 6.07) is 17.6. The molecule has 0 aliphatic carbocycles. The highest BCUT2D eigenvalue weighted by Crippen LogP contribution is 2.36. The highest BCUT2D eigenvalue weighted by atomic mass is 35.5. The predicted octanol–water partition coefficient (Wildman–Crippen LogP) is 7.20. The van der Waals surface area contributed by atoms with E-state index in [1.54, 1.807) is 55.6 Å². The Labute approximate surface area is 307 Å². The fourth-order valence-electron chi connectivity index (χ4n) is 6.76. The molecule has 268 valence electrons. The number of nitrogens with zero attached hydrogens (tertiary/aromatic N) is 2. The van der Waals surface area contributed by atoms with Crippen molar-refractivity contribution >= 4 is 35.1 Å². The highest BCUT2D eigenvalue weighted by Gasteiger charge is 2.38. The molecule has 3 fully saturated rings. The van der Waals surface area contributed by atoms with Gasteiger partial charge in [-0.1, -0.05) is 59.6 Å². The van der Waals surface area contributed by atoms with Crippen LogP contribution in [0.2, 0.25) is 10.0 Å². The third kappa shape index (κ3) is 8.81. The number of aromatic nitrogens is 1. The van der Waals surface area contributed by atoms with Crippen molar-refractivity contribution in [2.24, 2.45) is 5.92 Å². The van der Waals surface area contributed by atoms with Crippen LogP contribution in [0.4, 0.5) is 4.39 Å². The van der Waals surface area contributed by atoms with Crippen molar-refractivity contribution in [3.05, 3.63) is 123 Å². The summed E-state index contributed by atoms with van der Waals surface area (Å²) in [5, 5.41) is 3.93. The summed E-state index contributed by atoms with van der Waals surface area (Å²) in [7, 11) is 3.07. The Morgan fingerprint density at radius 1 is 0.961 bits per heavy atom. The summed E-state index contributed by atoms with van der Waals surface area (Å²) in [6.45, 7) is 3.14. The first kappa shape index (κ1) is 36.6. The molecule has 12 heteroatoms. The molecule has 3 atom stereocenters. The number of hydrogen-bond donors (Lipinski definition) is 1. The molecule has 51 heavy (non-hydrogen) atoms. The lowest BCUT2D eigenvalue weighted by Gasteiger charge is -2.44. The average Bonchev–Trinajstić information content (AvgIpc) is 3.15. The molecule has 1 unspecified atom stereocenters. The van der Waals surface area contributed by atoms with Gasteiger partial charge in [-0.05, 0) is 85.3 Å². The number of carbonyl (C=O) groups excluding carboxylic acids is 2. The van der Waals surface area contributed by atoms with E-state index in [0.29, 0.717) is 57.1 Å². The standard InChI is InChI=1S/C39H40Cl2FN3O6/c1-48-33-12-11-27(19-35(33)49-2)34(20-29-30(40)21-43-22-31(29)41)50-38(46)26-9-7-24(8-10-26)13-16-44-37(28-5-3-4-6-32(28)42)39(47)51-36-23-45-17-14-25(36)15-18-45/h3-12,19,21-22,25,34,36-37,44H,13-18,20,23H2,1-2H3/t34-,36-,37?/m0/s1. The first-order valence-electron chi connectivity index (χ1n) is 16.9. The predicted molar refractivity (Wildman–Crippen MR) is 192 cm³/mol. The quantitative estimate of drug-likeness (QED) is 0.135. The SMILES string of the molecule is COc1ccc([C@H](Cc2c(Cl)cncc2Cl)OC(=O)c2ccc(CCNC(C(=O)O[C@H]3CN4CCC3CC4)c3ccccc3F)cc2)cc1OC. The van der Waals surface area contributed by atoms with Gasteiger partial charge in [-0.3, -0.25) is 9.88 Å². The van der Waals surface area contributed by atoms with Crippen molar-refractivity contribution in [2.75, 3.05) is 40.4 Å². The van der Waals surface area contributed by atoms with E-state index in [-0.39, 0.29) is 18.1 Å². The van der Waals surface area contributed by atoms with Gasteiger partial charge >= 0.3 is 11.9 Å². The number of halogens is 3. The smallest absolute Gasteiger partial charge is 0.338 e. The van der Waals surface area contributed by atoms with Gasteiger partial charge < -0.3 is 24.3 Å². The average molecular weight is 737 g/mol. The maximum Gasteiger partial charge on any atom is 0.338 e. The zero-order valence-corrected chi connectivity index (χ0v) is 30.0. The highest BCUT2D eigenvalue weighted by molar-refractivity contribution is 6.35. The largest absolute Gasteiger partial charge is 0.493 e. The summed E-state index contributed by atoms with van der Waals surface area (Å²) in [5.74, 6) is -0.145. The summed E-state index contributed by atoms with van der Waals surface area (Å²) < 4.78 is 37.8. The summed E-state index contributed by atoms with van der Waals surface area (Å²) in [5.41, 5.74) is 2.74. The number of hydrogen-bond acceptors (Lipinski definition) is 9. The number of rotatable bonds is 14. The molecule has 9 nitrogen and oxygen atoms in total. The first-order valence-corrected chi connectivity index (χ1v) is 17.7. The van der Waals surface area contributed by atoms with Gasteiger partial charge in [-0.2, -0.15) is 0 Å². The van der Waals surface area contributed by atoms with Crippen molar-refractivity contribution in [3.8, 4) is 11.5 Å². The molecular weight excluding hydrogens is 696 g/mol. The van der Waals surface area contributed by atoms with Crippen LogP contribution in [0.3, 0.4) is 0 Å². The van der Waals surface area contributed by atoms with Crippen LogP contribution < -0.4 is 14.8 Å². The molecule has 2 bridgehead atoms. The Kier molecular flexibility index (Phi) is 12.1. The van der Waals surface area contributed by atoms with Gasteiger partial charge in [-0.15, -0.1) is 0 Å². The van der Waals surface area contributed by atoms with Crippen LogP contribution in [0.15, 0.2) is 79.1 Å². The molecule has 1 aromatic heterocycles. The van der Waals surface area contributed by atoms with E-state index < -0.39 is 29.9 Å². The third-order valence-corrected chi connectivity index (χ3v) is 10.3. The van der Waals surface area contributed by atoms with E-state index in [1.807, 2.05) is 12.1 Å². The van der Waals surface area contributed by atoms with E-state index in [0.717, 1.165) is 38.0 Å². The van der Waals surface area contributed by atoms with Gasteiger partial charge in [0.05, 0.1) is 29.8 Å². The second-order valence-electron chi connectivity index (χ2n) is 12.8. The Morgan fingerprint density at radius 2 is 1.67 bits per heavy atom. The van der Waals surface area contributed by atoms with Crippen molar-refractivity contribution in [1.29, 1.82) is 0 Å². The van der Waals surface area contributed by atoms with Gasteiger partial charge in [-0.25, -0.2) is 14.0 Å². The molecule has 3 aliphatic rings. The summed E-state index contributed by atoms with van der Waals surface area (Å²) >= 11 is 12.9. The van der Waals surface area contributed by atoms with Crippen molar-refractivity contribution in [1.82, 2.24) is 15.2 Å². The fraction of sp³-hybridized carbons (Fsp3) is 0.359. The van der Waals surface area contributed by atoms with Crippen LogP contribution in [-0.2, 0) is 27.1 Å². The van der Waals surface area contributed by atoms with E-state index in [1.165, 1.54) is 25.6 Å². The lowest BCUT2D eigenvalue weighted by molar-refractivity contribution is -0.161.